The molecule has 1 aromatic carbocycles. The molecule has 5 rings (SSSR count). The number of oxazole rings is 1. The summed E-state index contributed by atoms with van der Waals surface area (Å²) in [6.45, 7) is 2.55. The first-order valence-corrected chi connectivity index (χ1v) is 11.5. The van der Waals surface area contributed by atoms with E-state index in [2.05, 4.69) is 19.9 Å². The van der Waals surface area contributed by atoms with Crippen molar-refractivity contribution >= 4 is 27.5 Å². The molecular weight excluding hydrogens is 509 g/mol. The van der Waals surface area contributed by atoms with Gasteiger partial charge in [-0.3, -0.25) is 4.79 Å². The van der Waals surface area contributed by atoms with Crippen LogP contribution in [-0.2, 0) is 18.2 Å². The molecule has 2 N–H and O–H groups in total. The van der Waals surface area contributed by atoms with Crippen LogP contribution in [0.2, 0.25) is 0 Å². The lowest BCUT2D eigenvalue weighted by atomic mass is 10.0. The number of amides is 1. The fourth-order valence-corrected chi connectivity index (χ4v) is 5.19. The van der Waals surface area contributed by atoms with Gasteiger partial charge in [-0.15, -0.1) is 11.3 Å². The van der Waals surface area contributed by atoms with Gasteiger partial charge in [0.05, 0.1) is 27.8 Å². The van der Waals surface area contributed by atoms with E-state index >= 15 is 0 Å². The van der Waals surface area contributed by atoms with Crippen LogP contribution in [0.25, 0.3) is 10.2 Å². The highest BCUT2D eigenvalue weighted by Gasteiger charge is 2.42. The van der Waals surface area contributed by atoms with Crippen molar-refractivity contribution in [3.05, 3.63) is 63.8 Å². The van der Waals surface area contributed by atoms with Crippen molar-refractivity contribution in [2.24, 2.45) is 0 Å². The molecule has 3 aromatic heterocycles. The Morgan fingerprint density at radius 1 is 1.28 bits per heavy atom. The Bertz CT molecular complexity index is 1450. The second-order valence-electron chi connectivity index (χ2n) is 8.71. The normalized spacial score (nSPS) is 16.7. The van der Waals surface area contributed by atoms with Crippen molar-refractivity contribution in [1.82, 2.24) is 24.8 Å². The summed E-state index contributed by atoms with van der Waals surface area (Å²) >= 11 is 0.944. The molecule has 1 aliphatic rings. The molecule has 1 amide bonds. The molecule has 0 spiro atoms. The molecule has 0 bridgehead atoms. The van der Waals surface area contributed by atoms with Gasteiger partial charge >= 0.3 is 6.18 Å². The van der Waals surface area contributed by atoms with Gasteiger partial charge in [-0.1, -0.05) is 6.07 Å². The van der Waals surface area contributed by atoms with Crippen LogP contribution in [0, 0.1) is 0 Å². The quantitative estimate of drug-likeness (QED) is 0.363. The highest BCUT2D eigenvalue weighted by atomic mass is 32.1. The molecule has 0 fully saturated rings. The Kier molecular flexibility index (Phi) is 5.63. The molecule has 0 saturated carbocycles. The molecule has 1 aliphatic heterocycles. The summed E-state index contributed by atoms with van der Waals surface area (Å²) in [4.78, 5) is 29.8. The molecule has 4 aromatic rings. The van der Waals surface area contributed by atoms with E-state index in [1.54, 1.807) is 0 Å². The minimum atomic E-state index is -4.65. The van der Waals surface area contributed by atoms with E-state index in [0.29, 0.717) is 11.4 Å². The zero-order valence-corrected chi connectivity index (χ0v) is 19.5. The number of aromatic nitrogens is 4. The molecule has 1 atom stereocenters. The van der Waals surface area contributed by atoms with Crippen LogP contribution in [0.4, 0.5) is 22.0 Å². The zero-order chi connectivity index (χ0) is 26.0. The van der Waals surface area contributed by atoms with Crippen molar-refractivity contribution in [3.63, 3.8) is 0 Å². The average Bonchev–Trinajstić information content (AvgIpc) is 3.53. The van der Waals surface area contributed by atoms with Crippen molar-refractivity contribution in [3.8, 4) is 0 Å². The van der Waals surface area contributed by atoms with E-state index in [1.165, 1.54) is 37.2 Å². The van der Waals surface area contributed by atoms with E-state index < -0.39 is 53.1 Å². The number of imidazole rings is 1. The van der Waals surface area contributed by atoms with E-state index in [9.17, 15) is 31.9 Å². The summed E-state index contributed by atoms with van der Waals surface area (Å²) in [5.74, 6) is -2.20. The number of hydrogen-bond donors (Lipinski definition) is 2. The van der Waals surface area contributed by atoms with Gasteiger partial charge in [0.2, 0.25) is 11.7 Å². The van der Waals surface area contributed by atoms with Gasteiger partial charge in [0.25, 0.3) is 12.3 Å². The molecule has 0 radical (unpaired) electrons. The van der Waals surface area contributed by atoms with Gasteiger partial charge in [0.15, 0.2) is 5.69 Å². The standard InChI is InChI=1S/C22H18F5N5O3S/c1-21(2,34)20-31-14(17(23)24)16(35-20)19(33)32-7-6-10-13(29-8-28-10)15(32)18-30-12-9(22(25,26)27)4-3-5-11(12)36-18/h3-5,8,15,17,34H,6-7H2,1-2H3,(H,28,29)/t15-/m0/s1. The van der Waals surface area contributed by atoms with Gasteiger partial charge in [0, 0.05) is 18.7 Å². The number of H-pyrrole nitrogens is 1. The van der Waals surface area contributed by atoms with E-state index in [0.717, 1.165) is 17.4 Å². The van der Waals surface area contributed by atoms with Crippen molar-refractivity contribution in [2.45, 2.75) is 44.5 Å². The lowest BCUT2D eigenvalue weighted by molar-refractivity contribution is -0.136. The number of carbonyl (C=O) groups excluding carboxylic acids is 1. The lowest BCUT2D eigenvalue weighted by Gasteiger charge is -2.33. The van der Waals surface area contributed by atoms with Crippen LogP contribution in [-0.4, -0.2) is 42.4 Å². The van der Waals surface area contributed by atoms with Gasteiger partial charge in [0.1, 0.15) is 16.7 Å². The molecule has 4 heterocycles. The summed E-state index contributed by atoms with van der Waals surface area (Å²) in [7, 11) is 0. The molecule has 36 heavy (non-hydrogen) atoms. The van der Waals surface area contributed by atoms with Crippen LogP contribution >= 0.6 is 11.3 Å². The number of nitrogens with one attached hydrogen (secondary N) is 1. The summed E-state index contributed by atoms with van der Waals surface area (Å²) in [5, 5.41) is 10.3. The van der Waals surface area contributed by atoms with Crippen LogP contribution in [0.5, 0.6) is 0 Å². The summed E-state index contributed by atoms with van der Waals surface area (Å²) in [6, 6.07) is 2.59. The van der Waals surface area contributed by atoms with Crippen LogP contribution in [0.3, 0.4) is 0 Å². The minimum Gasteiger partial charge on any atom is -0.432 e. The first-order valence-electron chi connectivity index (χ1n) is 10.7. The molecule has 0 aliphatic carbocycles. The van der Waals surface area contributed by atoms with Crippen molar-refractivity contribution in [1.29, 1.82) is 0 Å². The lowest BCUT2D eigenvalue weighted by Crippen LogP contribution is -2.41. The number of nitrogens with zero attached hydrogens (tertiary/aromatic N) is 4. The summed E-state index contributed by atoms with van der Waals surface area (Å²) in [5.41, 5.74) is -2.90. The fourth-order valence-electron chi connectivity index (χ4n) is 4.08. The number of aliphatic hydroxyl groups is 1. The topological polar surface area (TPSA) is 108 Å². The Morgan fingerprint density at radius 3 is 2.69 bits per heavy atom. The molecular formula is C22H18F5N5O3S. The van der Waals surface area contributed by atoms with Crippen molar-refractivity contribution in [2.75, 3.05) is 6.54 Å². The van der Waals surface area contributed by atoms with Crippen LogP contribution in [0.1, 0.15) is 70.4 Å². The SMILES string of the molecule is CC(C)(O)c1nc(C(F)F)c(C(=O)N2CCc3[nH]cnc3[C@H]2c2nc3c(C(F)(F)F)cccc3s2)o1. The number of benzene rings is 1. The van der Waals surface area contributed by atoms with Crippen molar-refractivity contribution < 1.29 is 36.3 Å². The maximum atomic E-state index is 13.8. The van der Waals surface area contributed by atoms with Gasteiger partial charge < -0.3 is 19.4 Å². The number of aromatic amines is 1. The number of para-hydroxylation sites is 1. The predicted molar refractivity (Wildman–Crippen MR) is 116 cm³/mol. The highest BCUT2D eigenvalue weighted by molar-refractivity contribution is 7.18. The number of thiazole rings is 1. The number of fused-ring (bicyclic) bond motifs is 2. The largest absolute Gasteiger partial charge is 0.432 e. The maximum absolute atomic E-state index is 13.8. The molecule has 0 unspecified atom stereocenters. The predicted octanol–water partition coefficient (Wildman–Crippen LogP) is 4.98. The molecule has 14 heteroatoms. The van der Waals surface area contributed by atoms with Gasteiger partial charge in [-0.2, -0.15) is 13.2 Å². The number of alkyl halides is 5. The number of halogens is 5. The van der Waals surface area contributed by atoms with Crippen LogP contribution in [0.15, 0.2) is 28.9 Å². The Hall–Kier alpha value is -3.39. The van der Waals surface area contributed by atoms with Crippen LogP contribution < -0.4 is 0 Å². The third-order valence-corrected chi connectivity index (χ3v) is 6.81. The van der Waals surface area contributed by atoms with E-state index in [1.807, 2.05) is 0 Å². The first-order chi connectivity index (χ1) is 16.9. The fraction of sp³-hybridized carbons (Fsp3) is 0.364. The Morgan fingerprint density at radius 2 is 2.03 bits per heavy atom. The number of carbonyl (C=O) groups is 1. The molecule has 0 saturated heterocycles. The molecule has 190 valence electrons. The molecule has 8 nitrogen and oxygen atoms in total. The highest BCUT2D eigenvalue weighted by Crippen LogP contribution is 2.42. The summed E-state index contributed by atoms with van der Waals surface area (Å²) in [6.07, 6.45) is -6.16. The second-order valence-corrected chi connectivity index (χ2v) is 9.77. The Labute approximate surface area is 203 Å². The van der Waals surface area contributed by atoms with Gasteiger partial charge in [-0.05, 0) is 26.0 Å². The smallest absolute Gasteiger partial charge is 0.418 e. The summed E-state index contributed by atoms with van der Waals surface area (Å²) < 4.78 is 73.8. The third kappa shape index (κ3) is 4.03. The van der Waals surface area contributed by atoms with E-state index in [4.69, 9.17) is 4.42 Å². The van der Waals surface area contributed by atoms with E-state index in [-0.39, 0.29) is 28.2 Å². The average molecular weight is 527 g/mol. The minimum absolute atomic E-state index is 0.0158. The number of hydrogen-bond acceptors (Lipinski definition) is 7. The number of rotatable bonds is 4. The Balaban J connectivity index is 1.64. The van der Waals surface area contributed by atoms with Gasteiger partial charge in [-0.25, -0.2) is 23.7 Å². The first kappa shape index (κ1) is 24.3. The third-order valence-electron chi connectivity index (χ3n) is 5.74. The monoisotopic (exact) mass is 527 g/mol. The maximum Gasteiger partial charge on any atom is 0.418 e. The zero-order valence-electron chi connectivity index (χ0n) is 18.7. The second kappa shape index (κ2) is 8.34.